The minimum atomic E-state index is -0.644. The van der Waals surface area contributed by atoms with Gasteiger partial charge < -0.3 is 15.6 Å². The molecular weight excluding hydrogens is 206 g/mol. The van der Waals surface area contributed by atoms with Crippen LogP contribution < -0.4 is 5.73 Å². The van der Waals surface area contributed by atoms with Crippen LogP contribution in [0.1, 0.15) is 38.5 Å². The second-order valence-electron chi connectivity index (χ2n) is 5.21. The van der Waals surface area contributed by atoms with Gasteiger partial charge in [-0.2, -0.15) is 0 Å². The highest BCUT2D eigenvalue weighted by Gasteiger charge is 2.47. The zero-order chi connectivity index (χ0) is 11.6. The average molecular weight is 227 g/mol. The topological polar surface area (TPSA) is 72.6 Å². The molecule has 0 aromatic rings. The number of rotatable bonds is 2. The van der Waals surface area contributed by atoms with Gasteiger partial charge in [0.1, 0.15) is 0 Å². The van der Waals surface area contributed by atoms with Gasteiger partial charge in [0.15, 0.2) is 0 Å². The predicted molar refractivity (Wildman–Crippen MR) is 60.1 cm³/mol. The van der Waals surface area contributed by atoms with Crippen molar-refractivity contribution < 1.29 is 14.6 Å². The maximum Gasteiger partial charge on any atom is 0.310 e. The van der Waals surface area contributed by atoms with E-state index in [1.54, 1.807) is 0 Å². The van der Waals surface area contributed by atoms with Gasteiger partial charge in [-0.05, 0) is 44.4 Å². The Morgan fingerprint density at radius 3 is 2.50 bits per heavy atom. The van der Waals surface area contributed by atoms with Crippen molar-refractivity contribution in [2.45, 2.75) is 44.6 Å². The highest BCUT2D eigenvalue weighted by Crippen LogP contribution is 2.45. The van der Waals surface area contributed by atoms with Crippen LogP contribution in [-0.2, 0) is 9.53 Å². The van der Waals surface area contributed by atoms with E-state index >= 15 is 0 Å². The molecule has 2 fully saturated rings. The molecule has 1 heterocycles. The van der Waals surface area contributed by atoms with Gasteiger partial charge in [-0.25, -0.2) is 0 Å². The summed E-state index contributed by atoms with van der Waals surface area (Å²) in [6.45, 7) is 1.40. The summed E-state index contributed by atoms with van der Waals surface area (Å²) in [6.07, 6.45) is 5.09. The summed E-state index contributed by atoms with van der Waals surface area (Å²) in [7, 11) is 0. The van der Waals surface area contributed by atoms with E-state index in [4.69, 9.17) is 10.5 Å². The summed E-state index contributed by atoms with van der Waals surface area (Å²) in [5.74, 6) is -0.457. The van der Waals surface area contributed by atoms with E-state index in [0.29, 0.717) is 6.61 Å². The quantitative estimate of drug-likeness (QED) is 0.747. The number of hydrogen-bond donors (Lipinski definition) is 2. The number of carboxylic acids is 1. The Labute approximate surface area is 96.2 Å². The summed E-state index contributed by atoms with van der Waals surface area (Å²) in [4.78, 5) is 11.6. The Balaban J connectivity index is 2.11. The standard InChI is InChI=1S/C12H21NO3/c13-10-3-5-12(6-4-10,11(14)15)9-2-1-7-16-8-9/h9-10H,1-8,13H2,(H,14,15). The first kappa shape index (κ1) is 11.9. The minimum Gasteiger partial charge on any atom is -0.481 e. The molecule has 16 heavy (non-hydrogen) atoms. The number of ether oxygens (including phenoxy) is 1. The molecule has 4 heteroatoms. The SMILES string of the molecule is NC1CCC(C(=O)O)(C2CCCOC2)CC1. The third-order valence-electron chi connectivity index (χ3n) is 4.29. The van der Waals surface area contributed by atoms with Crippen molar-refractivity contribution in [2.24, 2.45) is 17.1 Å². The first-order chi connectivity index (χ1) is 7.65. The fraction of sp³-hybridized carbons (Fsp3) is 0.917. The van der Waals surface area contributed by atoms with Crippen LogP contribution in [0.3, 0.4) is 0 Å². The van der Waals surface area contributed by atoms with E-state index in [9.17, 15) is 9.90 Å². The van der Waals surface area contributed by atoms with Gasteiger partial charge in [0.05, 0.1) is 12.0 Å². The van der Waals surface area contributed by atoms with Gasteiger partial charge in [0.2, 0.25) is 0 Å². The molecule has 4 nitrogen and oxygen atoms in total. The maximum absolute atomic E-state index is 11.6. The van der Waals surface area contributed by atoms with Gasteiger partial charge in [0.25, 0.3) is 0 Å². The summed E-state index contributed by atoms with van der Waals surface area (Å²) in [6, 6.07) is 0.192. The van der Waals surface area contributed by atoms with Gasteiger partial charge in [-0.15, -0.1) is 0 Å². The molecular formula is C12H21NO3. The van der Waals surface area contributed by atoms with Crippen LogP contribution in [0.2, 0.25) is 0 Å². The maximum atomic E-state index is 11.6. The fourth-order valence-corrected chi connectivity index (χ4v) is 3.13. The molecule has 1 aliphatic heterocycles. The van der Waals surface area contributed by atoms with E-state index in [2.05, 4.69) is 0 Å². The molecule has 2 aliphatic rings. The molecule has 1 unspecified atom stereocenters. The van der Waals surface area contributed by atoms with Crippen LogP contribution in [0, 0.1) is 11.3 Å². The van der Waals surface area contributed by atoms with E-state index in [1.165, 1.54) is 0 Å². The largest absolute Gasteiger partial charge is 0.481 e. The smallest absolute Gasteiger partial charge is 0.310 e. The van der Waals surface area contributed by atoms with Crippen LogP contribution in [0.5, 0.6) is 0 Å². The average Bonchev–Trinajstić information content (AvgIpc) is 2.31. The lowest BCUT2D eigenvalue weighted by Crippen LogP contribution is -2.47. The van der Waals surface area contributed by atoms with Crippen molar-refractivity contribution in [2.75, 3.05) is 13.2 Å². The summed E-state index contributed by atoms with van der Waals surface area (Å²) in [5.41, 5.74) is 5.30. The lowest BCUT2D eigenvalue weighted by Gasteiger charge is -2.43. The van der Waals surface area contributed by atoms with E-state index in [-0.39, 0.29) is 12.0 Å². The third-order valence-corrected chi connectivity index (χ3v) is 4.29. The molecule has 2 rings (SSSR count). The van der Waals surface area contributed by atoms with E-state index in [1.807, 2.05) is 0 Å². The predicted octanol–water partition coefficient (Wildman–Crippen LogP) is 1.39. The summed E-state index contributed by atoms with van der Waals surface area (Å²) < 4.78 is 5.44. The summed E-state index contributed by atoms with van der Waals surface area (Å²) in [5, 5.41) is 9.53. The molecule has 0 spiro atoms. The Morgan fingerprint density at radius 2 is 2.00 bits per heavy atom. The van der Waals surface area contributed by atoms with Crippen molar-refractivity contribution in [3.05, 3.63) is 0 Å². The van der Waals surface area contributed by atoms with Gasteiger partial charge >= 0.3 is 5.97 Å². The van der Waals surface area contributed by atoms with Crippen LogP contribution in [0.4, 0.5) is 0 Å². The second-order valence-corrected chi connectivity index (χ2v) is 5.21. The molecule has 0 bridgehead atoms. The monoisotopic (exact) mass is 227 g/mol. The molecule has 0 radical (unpaired) electrons. The number of carboxylic acid groups (broad SMARTS) is 1. The molecule has 1 saturated heterocycles. The normalized spacial score (nSPS) is 40.6. The fourth-order valence-electron chi connectivity index (χ4n) is 3.13. The number of carbonyl (C=O) groups is 1. The van der Waals surface area contributed by atoms with E-state index in [0.717, 1.165) is 45.1 Å². The van der Waals surface area contributed by atoms with Gasteiger partial charge in [-0.3, -0.25) is 4.79 Å². The van der Waals surface area contributed by atoms with Crippen LogP contribution in [0.25, 0.3) is 0 Å². The first-order valence-corrected chi connectivity index (χ1v) is 6.22. The highest BCUT2D eigenvalue weighted by atomic mass is 16.5. The second kappa shape index (κ2) is 4.72. The molecule has 92 valence electrons. The van der Waals surface area contributed by atoms with E-state index < -0.39 is 11.4 Å². The van der Waals surface area contributed by atoms with Crippen molar-refractivity contribution in [1.29, 1.82) is 0 Å². The molecule has 1 aliphatic carbocycles. The van der Waals surface area contributed by atoms with Gasteiger partial charge in [0, 0.05) is 12.6 Å². The van der Waals surface area contributed by atoms with Crippen molar-refractivity contribution in [3.63, 3.8) is 0 Å². The molecule has 1 atom stereocenters. The molecule has 1 saturated carbocycles. The van der Waals surface area contributed by atoms with Crippen LogP contribution in [-0.4, -0.2) is 30.3 Å². The Bertz CT molecular complexity index is 253. The molecule has 0 aromatic carbocycles. The van der Waals surface area contributed by atoms with Gasteiger partial charge in [-0.1, -0.05) is 0 Å². The third kappa shape index (κ3) is 2.09. The number of hydrogen-bond acceptors (Lipinski definition) is 3. The van der Waals surface area contributed by atoms with Crippen LogP contribution >= 0.6 is 0 Å². The minimum absolute atomic E-state index is 0.186. The van der Waals surface area contributed by atoms with Crippen molar-refractivity contribution >= 4 is 5.97 Å². The number of nitrogens with two attached hydrogens (primary N) is 1. The number of aliphatic carboxylic acids is 1. The lowest BCUT2D eigenvalue weighted by molar-refractivity contribution is -0.160. The Hall–Kier alpha value is -0.610. The highest BCUT2D eigenvalue weighted by molar-refractivity contribution is 5.75. The molecule has 0 amide bonds. The summed E-state index contributed by atoms with van der Waals surface area (Å²) >= 11 is 0. The Morgan fingerprint density at radius 1 is 1.31 bits per heavy atom. The molecule has 3 N–H and O–H groups in total. The zero-order valence-electron chi connectivity index (χ0n) is 9.65. The lowest BCUT2D eigenvalue weighted by atomic mass is 9.63. The Kier molecular flexibility index (Phi) is 3.50. The zero-order valence-corrected chi connectivity index (χ0v) is 9.65. The van der Waals surface area contributed by atoms with Crippen LogP contribution in [0.15, 0.2) is 0 Å². The first-order valence-electron chi connectivity index (χ1n) is 6.22. The van der Waals surface area contributed by atoms with Crippen molar-refractivity contribution in [3.8, 4) is 0 Å². The van der Waals surface area contributed by atoms with Crippen molar-refractivity contribution in [1.82, 2.24) is 0 Å². The molecule has 0 aromatic heterocycles.